The van der Waals surface area contributed by atoms with Crippen molar-refractivity contribution in [2.75, 3.05) is 0 Å². The van der Waals surface area contributed by atoms with Crippen LogP contribution < -0.4 is 0 Å². The summed E-state index contributed by atoms with van der Waals surface area (Å²) < 4.78 is 37.5. The van der Waals surface area contributed by atoms with Gasteiger partial charge >= 0.3 is 0 Å². The third kappa shape index (κ3) is 6.09. The predicted octanol–water partition coefficient (Wildman–Crippen LogP) is 21.2. The molecule has 0 unspecified atom stereocenters. The van der Waals surface area contributed by atoms with Gasteiger partial charge in [0.2, 0.25) is 0 Å². The summed E-state index contributed by atoms with van der Waals surface area (Å²) in [5.41, 5.74) is 20.9. The Balaban J connectivity index is 0.0000000962. The first-order chi connectivity index (χ1) is 37.1. The number of fused-ring (bicyclic) bond motifs is 18. The molecule has 0 atom stereocenters. The lowest BCUT2D eigenvalue weighted by Gasteiger charge is -2.20. The molecule has 6 heterocycles. The molecule has 18 rings (SSSR count). The molecule has 0 N–H and O–H groups in total. The Morgan fingerprint density at radius 3 is 0.868 bits per heavy atom. The quantitative estimate of drug-likeness (QED) is 0.111. The summed E-state index contributed by atoms with van der Waals surface area (Å²) in [6, 6.07) is 59.5. The van der Waals surface area contributed by atoms with Gasteiger partial charge in [-0.1, -0.05) is 71.8 Å². The van der Waals surface area contributed by atoms with Gasteiger partial charge in [0.1, 0.15) is 67.0 Å². The van der Waals surface area contributed by atoms with Crippen LogP contribution in [0.4, 0.5) is 0 Å². The molecule has 0 saturated heterocycles. The Labute approximate surface area is 433 Å². The van der Waals surface area contributed by atoms with Gasteiger partial charge in [0.15, 0.2) is 0 Å². The fourth-order valence-corrected chi connectivity index (χ4v) is 12.3. The summed E-state index contributed by atoms with van der Waals surface area (Å²) in [5.74, 6) is 0. The maximum absolute atomic E-state index is 6.28. The molecule has 0 spiro atoms. The minimum absolute atomic E-state index is 0.916. The summed E-state index contributed by atoms with van der Waals surface area (Å²) in [6.07, 6.45) is 0. The Bertz CT molecular complexity index is 5080. The minimum atomic E-state index is 0.916. The highest BCUT2D eigenvalue weighted by atomic mass is 16.4. The number of hydrogen-bond donors (Lipinski definition) is 0. The van der Waals surface area contributed by atoms with E-state index >= 15 is 0 Å². The van der Waals surface area contributed by atoms with Crippen molar-refractivity contribution >= 4 is 153 Å². The van der Waals surface area contributed by atoms with Gasteiger partial charge in [-0.3, -0.25) is 0 Å². The van der Waals surface area contributed by atoms with Crippen molar-refractivity contribution in [2.24, 2.45) is 0 Å². The van der Waals surface area contributed by atoms with Crippen molar-refractivity contribution in [1.82, 2.24) is 0 Å². The van der Waals surface area contributed by atoms with E-state index in [2.05, 4.69) is 211 Å². The van der Waals surface area contributed by atoms with Crippen LogP contribution in [-0.2, 0) is 0 Å². The number of benzene rings is 12. The summed E-state index contributed by atoms with van der Waals surface area (Å²) in [4.78, 5) is 0. The van der Waals surface area contributed by atoms with E-state index in [9.17, 15) is 0 Å². The molecule has 76 heavy (non-hydrogen) atoms. The highest BCUT2D eigenvalue weighted by Crippen LogP contribution is 2.49. The lowest BCUT2D eigenvalue weighted by Crippen LogP contribution is -1.95. The maximum atomic E-state index is 6.28. The number of aryl methyl sites for hydroxylation is 6. The topological polar surface area (TPSA) is 78.8 Å². The van der Waals surface area contributed by atoms with E-state index in [0.29, 0.717) is 0 Å². The monoisotopic (exact) mass is 982 g/mol. The largest absolute Gasteiger partial charge is 0.456 e. The second kappa shape index (κ2) is 15.5. The van der Waals surface area contributed by atoms with Gasteiger partial charge in [0, 0.05) is 86.5 Å². The highest BCUT2D eigenvalue weighted by Gasteiger charge is 2.25. The number of rotatable bonds is 0. The molecule has 2 aliphatic rings. The molecule has 16 aromatic rings. The molecule has 0 radical (unpaired) electrons. The van der Waals surface area contributed by atoms with E-state index in [1.807, 2.05) is 0 Å². The summed E-state index contributed by atoms with van der Waals surface area (Å²) in [7, 11) is 0. The van der Waals surface area contributed by atoms with Crippen LogP contribution in [0.25, 0.3) is 164 Å². The first-order valence-electron chi connectivity index (χ1n) is 25.9. The van der Waals surface area contributed by atoms with Crippen molar-refractivity contribution in [3.63, 3.8) is 0 Å². The Morgan fingerprint density at radius 2 is 0.474 bits per heavy atom. The van der Waals surface area contributed by atoms with E-state index in [1.54, 1.807) is 0 Å². The smallest absolute Gasteiger partial charge is 0.143 e. The SMILES string of the molecule is Cc1ccc2c(c1)oc1c2ccc2c1ccc1c3ccc(C)cc3oc12.Cc1ccc2oc3c(ccc4c3ccc3c5cc(C)ccc5oc34)c2c1.Cc1ccc2oc3ccc4c(C)ccc5oc6ccc1c2c6-c3c54. The lowest BCUT2D eigenvalue weighted by molar-refractivity contribution is 0.646. The zero-order valence-corrected chi connectivity index (χ0v) is 42.6. The van der Waals surface area contributed by atoms with Crippen molar-refractivity contribution in [3.05, 3.63) is 203 Å². The molecule has 0 bridgehead atoms. The minimum Gasteiger partial charge on any atom is -0.456 e. The molecule has 362 valence electrons. The van der Waals surface area contributed by atoms with Crippen molar-refractivity contribution in [1.29, 1.82) is 0 Å². The first-order valence-corrected chi connectivity index (χ1v) is 25.9. The summed E-state index contributed by atoms with van der Waals surface area (Å²) >= 11 is 0. The zero-order valence-electron chi connectivity index (χ0n) is 42.6. The van der Waals surface area contributed by atoms with Gasteiger partial charge in [0.05, 0.1) is 0 Å². The highest BCUT2D eigenvalue weighted by molar-refractivity contribution is 6.26. The molecule has 2 aliphatic heterocycles. The molecular formula is C70H46O6. The second-order valence-corrected chi connectivity index (χ2v) is 21.1. The molecular weight excluding hydrogens is 937 g/mol. The van der Waals surface area contributed by atoms with E-state index in [0.717, 1.165) is 121 Å². The standard InChI is InChI=1S/2C24H16O2.C22H14O2/c1-13-3-9-21-19(11-13)17-7-5-16-15(23(17)25-21)6-8-18-20-12-14(2)4-10-22(20)26-24(16)18;1-13-3-5-15-17-7-9-20-19(23(17)25-21(15)11-13)10-8-18-16-6-4-14(2)12-22(16)26-24(18)20;1-11-3-7-15-19-13(11)5-9-17-21(19)22-18(23-15)10-6-14-12(2)4-8-16(24-17)20(14)22/h2*3-12H,1-2H3;3-10H,1-2H3. The summed E-state index contributed by atoms with van der Waals surface area (Å²) in [6.45, 7) is 12.7. The molecule has 12 aromatic carbocycles. The first kappa shape index (κ1) is 42.9. The fourth-order valence-electron chi connectivity index (χ4n) is 12.3. The molecule has 0 fully saturated rings. The van der Waals surface area contributed by atoms with Crippen LogP contribution in [0.3, 0.4) is 0 Å². The van der Waals surface area contributed by atoms with E-state index < -0.39 is 0 Å². The van der Waals surface area contributed by atoms with Crippen LogP contribution in [0.2, 0.25) is 0 Å². The van der Waals surface area contributed by atoms with Crippen LogP contribution in [0.15, 0.2) is 196 Å². The zero-order chi connectivity index (χ0) is 50.8. The maximum Gasteiger partial charge on any atom is 0.143 e. The molecule has 4 aromatic heterocycles. The third-order valence-electron chi connectivity index (χ3n) is 16.1. The van der Waals surface area contributed by atoms with E-state index in [1.165, 1.54) is 76.8 Å². The van der Waals surface area contributed by atoms with Crippen LogP contribution in [0.5, 0.6) is 0 Å². The molecule has 6 nitrogen and oxygen atoms in total. The van der Waals surface area contributed by atoms with Gasteiger partial charge in [0.25, 0.3) is 0 Å². The molecule has 0 saturated carbocycles. The van der Waals surface area contributed by atoms with Gasteiger partial charge in [-0.15, -0.1) is 0 Å². The van der Waals surface area contributed by atoms with Crippen molar-refractivity contribution in [2.45, 2.75) is 41.5 Å². The Kier molecular flexibility index (Phi) is 8.76. The number of hydrogen-bond acceptors (Lipinski definition) is 6. The van der Waals surface area contributed by atoms with Crippen molar-refractivity contribution in [3.8, 4) is 11.1 Å². The van der Waals surface area contributed by atoms with Crippen LogP contribution in [-0.4, -0.2) is 0 Å². The van der Waals surface area contributed by atoms with Crippen LogP contribution in [0.1, 0.15) is 33.4 Å². The lowest BCUT2D eigenvalue weighted by atomic mass is 9.88. The molecule has 0 aliphatic carbocycles. The average molecular weight is 983 g/mol. The predicted molar refractivity (Wildman–Crippen MR) is 314 cm³/mol. The van der Waals surface area contributed by atoms with Gasteiger partial charge in [-0.05, 0) is 184 Å². The Hall–Kier alpha value is -9.52. The van der Waals surface area contributed by atoms with Gasteiger partial charge in [-0.25, -0.2) is 0 Å². The van der Waals surface area contributed by atoms with Gasteiger partial charge < -0.3 is 26.5 Å². The second-order valence-electron chi connectivity index (χ2n) is 21.1. The number of furan rings is 4. The van der Waals surface area contributed by atoms with Crippen LogP contribution in [0, 0.1) is 41.5 Å². The molecule has 6 heteroatoms. The normalized spacial score (nSPS) is 12.3. The third-order valence-corrected chi connectivity index (χ3v) is 16.1. The van der Waals surface area contributed by atoms with Crippen molar-refractivity contribution < 1.29 is 26.5 Å². The fraction of sp³-hybridized carbons (Fsp3) is 0.0857. The average Bonchev–Trinajstić information content (AvgIpc) is 4.33. The van der Waals surface area contributed by atoms with Crippen LogP contribution >= 0.6 is 0 Å². The van der Waals surface area contributed by atoms with Gasteiger partial charge in [-0.2, -0.15) is 0 Å². The van der Waals surface area contributed by atoms with E-state index in [-0.39, 0.29) is 0 Å². The van der Waals surface area contributed by atoms with E-state index in [4.69, 9.17) is 26.5 Å². The Morgan fingerprint density at radius 1 is 0.197 bits per heavy atom. The molecule has 0 amide bonds. The summed E-state index contributed by atoms with van der Waals surface area (Å²) in [5, 5.41) is 18.5.